The van der Waals surface area contributed by atoms with Crippen LogP contribution in [-0.4, -0.2) is 37.2 Å². The first-order chi connectivity index (χ1) is 9.63. The molecule has 0 heterocycles. The molecule has 3 heteroatoms. The highest BCUT2D eigenvalue weighted by molar-refractivity contribution is 5.22. The van der Waals surface area contributed by atoms with E-state index in [4.69, 9.17) is 4.74 Å². The minimum atomic E-state index is 0.321. The summed E-state index contributed by atoms with van der Waals surface area (Å²) < 4.78 is 5.58. The van der Waals surface area contributed by atoms with E-state index in [1.54, 1.807) is 0 Å². The quantitative estimate of drug-likeness (QED) is 0.750. The molecule has 1 aliphatic carbocycles. The highest BCUT2D eigenvalue weighted by Crippen LogP contribution is 2.19. The molecule has 0 aliphatic heterocycles. The summed E-state index contributed by atoms with van der Waals surface area (Å²) in [6.45, 7) is 7.92. The smallest absolute Gasteiger partial charge is 0.0596 e. The molecule has 0 spiro atoms. The Morgan fingerprint density at radius 2 is 1.85 bits per heavy atom. The molecule has 1 aliphatic rings. The monoisotopic (exact) mass is 276 g/mol. The molecule has 0 aromatic heterocycles. The van der Waals surface area contributed by atoms with Gasteiger partial charge in [0.25, 0.3) is 0 Å². The molecular weight excluding hydrogens is 248 g/mol. The highest BCUT2D eigenvalue weighted by atomic mass is 16.5. The summed E-state index contributed by atoms with van der Waals surface area (Å²) in [5.41, 5.74) is 2.75. The zero-order valence-corrected chi connectivity index (χ0v) is 13.1. The van der Waals surface area contributed by atoms with Crippen molar-refractivity contribution in [1.82, 2.24) is 10.2 Å². The van der Waals surface area contributed by atoms with Gasteiger partial charge in [-0.15, -0.1) is 0 Å². The van der Waals surface area contributed by atoms with Crippen LogP contribution in [0.5, 0.6) is 0 Å². The first-order valence-electron chi connectivity index (χ1n) is 7.75. The lowest BCUT2D eigenvalue weighted by molar-refractivity contribution is 0.0627. The van der Waals surface area contributed by atoms with Gasteiger partial charge in [0.1, 0.15) is 0 Å². The number of nitrogens with zero attached hydrogens (tertiary/aromatic N) is 1. The Morgan fingerprint density at radius 3 is 2.45 bits per heavy atom. The summed E-state index contributed by atoms with van der Waals surface area (Å²) in [5.74, 6) is 0. The van der Waals surface area contributed by atoms with Crippen LogP contribution in [0.3, 0.4) is 0 Å². The van der Waals surface area contributed by atoms with E-state index in [9.17, 15) is 0 Å². The Hall–Kier alpha value is -0.900. The van der Waals surface area contributed by atoms with Crippen molar-refractivity contribution < 1.29 is 4.74 Å². The van der Waals surface area contributed by atoms with E-state index in [2.05, 4.69) is 55.4 Å². The first kappa shape index (κ1) is 15.5. The van der Waals surface area contributed by atoms with E-state index >= 15 is 0 Å². The molecule has 1 aromatic rings. The van der Waals surface area contributed by atoms with Gasteiger partial charge in [-0.2, -0.15) is 0 Å². The van der Waals surface area contributed by atoms with Gasteiger partial charge in [-0.3, -0.25) is 4.90 Å². The van der Waals surface area contributed by atoms with Crippen molar-refractivity contribution in [3.05, 3.63) is 35.4 Å². The molecule has 1 N–H and O–H groups in total. The van der Waals surface area contributed by atoms with Crippen molar-refractivity contribution >= 4 is 0 Å². The molecular formula is C17H28N2O. The van der Waals surface area contributed by atoms with Crippen molar-refractivity contribution in [2.75, 3.05) is 20.2 Å². The second kappa shape index (κ2) is 7.77. The number of hydrogen-bond acceptors (Lipinski definition) is 3. The molecule has 2 rings (SSSR count). The van der Waals surface area contributed by atoms with Gasteiger partial charge in [0.15, 0.2) is 0 Å². The minimum Gasteiger partial charge on any atom is -0.377 e. The largest absolute Gasteiger partial charge is 0.377 e. The summed E-state index contributed by atoms with van der Waals surface area (Å²) >= 11 is 0. The third-order valence-corrected chi connectivity index (χ3v) is 3.57. The van der Waals surface area contributed by atoms with Crippen molar-refractivity contribution in [1.29, 1.82) is 0 Å². The maximum atomic E-state index is 5.58. The number of ether oxygens (including phenoxy) is 1. The average Bonchev–Trinajstić information content (AvgIpc) is 3.21. The lowest BCUT2D eigenvalue weighted by Crippen LogP contribution is -2.24. The fourth-order valence-electron chi connectivity index (χ4n) is 2.15. The molecule has 1 aromatic carbocycles. The zero-order valence-electron chi connectivity index (χ0n) is 13.1. The molecule has 0 atom stereocenters. The maximum absolute atomic E-state index is 5.58. The fraction of sp³-hybridized carbons (Fsp3) is 0.647. The average molecular weight is 276 g/mol. The first-order valence-corrected chi connectivity index (χ1v) is 7.75. The van der Waals surface area contributed by atoms with Crippen molar-refractivity contribution in [2.24, 2.45) is 0 Å². The Balaban J connectivity index is 1.68. The summed E-state index contributed by atoms with van der Waals surface area (Å²) in [7, 11) is 2.15. The lowest BCUT2D eigenvalue weighted by atomic mass is 10.1. The zero-order chi connectivity index (χ0) is 14.4. The second-order valence-electron chi connectivity index (χ2n) is 6.13. The van der Waals surface area contributed by atoms with Crippen LogP contribution in [0.15, 0.2) is 24.3 Å². The molecule has 0 radical (unpaired) electrons. The molecule has 0 saturated heterocycles. The Labute approximate surface area is 123 Å². The standard InChI is InChI=1S/C17H28N2O/c1-14(2)20-11-10-19(3)13-16-6-4-15(5-7-16)12-18-17-8-9-17/h4-7,14,17-18H,8-13H2,1-3H3. The summed E-state index contributed by atoms with van der Waals surface area (Å²) in [5, 5.41) is 3.54. The Morgan fingerprint density at radius 1 is 1.20 bits per heavy atom. The fourth-order valence-corrected chi connectivity index (χ4v) is 2.15. The maximum Gasteiger partial charge on any atom is 0.0596 e. The molecule has 20 heavy (non-hydrogen) atoms. The normalized spacial score (nSPS) is 15.2. The van der Waals surface area contributed by atoms with E-state index in [0.717, 1.165) is 32.3 Å². The lowest BCUT2D eigenvalue weighted by Gasteiger charge is -2.18. The molecule has 0 unspecified atom stereocenters. The predicted molar refractivity (Wildman–Crippen MR) is 83.7 cm³/mol. The van der Waals surface area contributed by atoms with E-state index in [-0.39, 0.29) is 0 Å². The van der Waals surface area contributed by atoms with Crippen molar-refractivity contribution in [3.63, 3.8) is 0 Å². The van der Waals surface area contributed by atoms with Gasteiger partial charge < -0.3 is 10.1 Å². The van der Waals surface area contributed by atoms with Gasteiger partial charge in [-0.25, -0.2) is 0 Å². The minimum absolute atomic E-state index is 0.321. The number of rotatable bonds is 9. The topological polar surface area (TPSA) is 24.5 Å². The summed E-state index contributed by atoms with van der Waals surface area (Å²) in [6, 6.07) is 9.74. The summed E-state index contributed by atoms with van der Waals surface area (Å²) in [6.07, 6.45) is 3.02. The van der Waals surface area contributed by atoms with Gasteiger partial charge in [0.2, 0.25) is 0 Å². The molecule has 112 valence electrons. The summed E-state index contributed by atoms with van der Waals surface area (Å²) in [4.78, 5) is 2.31. The van der Waals surface area contributed by atoms with E-state index in [0.29, 0.717) is 6.10 Å². The SMILES string of the molecule is CC(C)OCCN(C)Cc1ccc(CNC2CC2)cc1. The van der Waals surface area contributed by atoms with Crippen molar-refractivity contribution in [3.8, 4) is 0 Å². The van der Waals surface area contributed by atoms with Gasteiger partial charge in [-0.05, 0) is 44.9 Å². The van der Waals surface area contributed by atoms with E-state index in [1.807, 2.05) is 0 Å². The van der Waals surface area contributed by atoms with Crippen LogP contribution in [0.1, 0.15) is 37.8 Å². The Kier molecular flexibility index (Phi) is 6.02. The van der Waals surface area contributed by atoms with E-state index in [1.165, 1.54) is 24.0 Å². The van der Waals surface area contributed by atoms with Crippen LogP contribution in [0.25, 0.3) is 0 Å². The third-order valence-electron chi connectivity index (χ3n) is 3.57. The van der Waals surface area contributed by atoms with Crippen LogP contribution in [-0.2, 0) is 17.8 Å². The van der Waals surface area contributed by atoms with E-state index < -0.39 is 0 Å². The molecule has 0 bridgehead atoms. The van der Waals surface area contributed by atoms with Crippen LogP contribution in [0.4, 0.5) is 0 Å². The predicted octanol–water partition coefficient (Wildman–Crippen LogP) is 2.80. The molecule has 3 nitrogen and oxygen atoms in total. The number of hydrogen-bond donors (Lipinski definition) is 1. The highest BCUT2D eigenvalue weighted by Gasteiger charge is 2.19. The number of likely N-dealkylation sites (N-methyl/N-ethyl adjacent to an activating group) is 1. The van der Waals surface area contributed by atoms with Gasteiger partial charge in [0, 0.05) is 25.7 Å². The van der Waals surface area contributed by atoms with Gasteiger partial charge in [0.05, 0.1) is 12.7 Å². The number of benzene rings is 1. The molecule has 0 amide bonds. The van der Waals surface area contributed by atoms with Gasteiger partial charge in [-0.1, -0.05) is 24.3 Å². The van der Waals surface area contributed by atoms with Crippen LogP contribution < -0.4 is 5.32 Å². The van der Waals surface area contributed by atoms with Crippen LogP contribution >= 0.6 is 0 Å². The third kappa shape index (κ3) is 6.04. The Bertz CT molecular complexity index is 384. The van der Waals surface area contributed by atoms with Crippen LogP contribution in [0, 0.1) is 0 Å². The second-order valence-corrected chi connectivity index (χ2v) is 6.13. The molecule has 1 saturated carbocycles. The van der Waals surface area contributed by atoms with Crippen LogP contribution in [0.2, 0.25) is 0 Å². The van der Waals surface area contributed by atoms with Gasteiger partial charge >= 0.3 is 0 Å². The van der Waals surface area contributed by atoms with Crippen molar-refractivity contribution in [2.45, 2.75) is 51.9 Å². The number of nitrogens with one attached hydrogen (secondary N) is 1. The molecule has 1 fully saturated rings.